The number of halogens is 1. The van der Waals surface area contributed by atoms with Crippen LogP contribution in [0.3, 0.4) is 0 Å². The molecule has 0 aliphatic carbocycles. The number of rotatable bonds is 1. The van der Waals surface area contributed by atoms with E-state index < -0.39 is 5.97 Å². The number of hydrogen-bond donors (Lipinski definition) is 3. The lowest BCUT2D eigenvalue weighted by Gasteiger charge is -2.02. The third-order valence-corrected chi connectivity index (χ3v) is 2.14. The highest BCUT2D eigenvalue weighted by Gasteiger charge is 2.12. The zero-order valence-corrected chi connectivity index (χ0v) is 7.50. The summed E-state index contributed by atoms with van der Waals surface area (Å²) in [5, 5.41) is 17.8. The number of aromatic hydroxyl groups is 1. The van der Waals surface area contributed by atoms with Crippen LogP contribution in [0, 0.1) is 0 Å². The molecule has 0 aliphatic heterocycles. The maximum absolute atomic E-state index is 10.5. The quantitative estimate of drug-likeness (QED) is 0.639. The van der Waals surface area contributed by atoms with Crippen molar-refractivity contribution in [1.82, 2.24) is 0 Å². The lowest BCUT2D eigenvalue weighted by molar-refractivity contribution is 0.0695. The van der Waals surface area contributed by atoms with Crippen LogP contribution >= 0.6 is 15.9 Å². The van der Waals surface area contributed by atoms with Gasteiger partial charge in [0.2, 0.25) is 0 Å². The van der Waals surface area contributed by atoms with Gasteiger partial charge in [-0.1, -0.05) is 0 Å². The van der Waals surface area contributed by atoms with Crippen molar-refractivity contribution in [3.8, 4) is 5.75 Å². The van der Waals surface area contributed by atoms with Crippen molar-refractivity contribution in [1.29, 1.82) is 0 Å². The molecule has 1 rings (SSSR count). The Kier molecular flexibility index (Phi) is 2.23. The van der Waals surface area contributed by atoms with Gasteiger partial charge < -0.3 is 15.9 Å². The van der Waals surface area contributed by atoms with Crippen LogP contribution in [0.15, 0.2) is 16.6 Å². The average Bonchev–Trinajstić information content (AvgIpc) is 1.96. The minimum Gasteiger partial charge on any atom is -0.507 e. The van der Waals surface area contributed by atoms with Gasteiger partial charge in [-0.3, -0.25) is 0 Å². The van der Waals surface area contributed by atoms with E-state index in [1.807, 2.05) is 0 Å². The molecule has 4 N–H and O–H groups in total. The first-order valence-electron chi connectivity index (χ1n) is 3.03. The van der Waals surface area contributed by atoms with Gasteiger partial charge in [0.1, 0.15) is 5.75 Å². The zero-order chi connectivity index (χ0) is 9.30. The van der Waals surface area contributed by atoms with Crippen molar-refractivity contribution in [3.63, 3.8) is 0 Å². The zero-order valence-electron chi connectivity index (χ0n) is 5.91. The van der Waals surface area contributed by atoms with E-state index in [4.69, 9.17) is 15.9 Å². The predicted molar refractivity (Wildman–Crippen MR) is 47.2 cm³/mol. The molecule has 0 atom stereocenters. The van der Waals surface area contributed by atoms with Gasteiger partial charge in [0.05, 0.1) is 10.0 Å². The van der Waals surface area contributed by atoms with Gasteiger partial charge >= 0.3 is 5.97 Å². The Hall–Kier alpha value is -1.23. The monoisotopic (exact) mass is 231 g/mol. The Labute approximate surface area is 76.8 Å². The maximum atomic E-state index is 10.5. The second kappa shape index (κ2) is 3.02. The van der Waals surface area contributed by atoms with Gasteiger partial charge in [0.25, 0.3) is 0 Å². The lowest BCUT2D eigenvalue weighted by atomic mass is 10.2. The molecule has 0 heterocycles. The molecule has 0 fully saturated rings. The van der Waals surface area contributed by atoms with Gasteiger partial charge in [0, 0.05) is 11.8 Å². The molecule has 0 bridgehead atoms. The molecule has 0 aromatic heterocycles. The van der Waals surface area contributed by atoms with Crippen molar-refractivity contribution < 1.29 is 15.0 Å². The molecule has 0 aliphatic rings. The van der Waals surface area contributed by atoms with E-state index in [9.17, 15) is 4.79 Å². The minimum absolute atomic E-state index is 0.0486. The Morgan fingerprint density at radius 1 is 1.50 bits per heavy atom. The number of carboxylic acid groups (broad SMARTS) is 1. The largest absolute Gasteiger partial charge is 0.507 e. The summed E-state index contributed by atoms with van der Waals surface area (Å²) in [7, 11) is 0. The Balaban J connectivity index is 3.37. The number of anilines is 1. The Morgan fingerprint density at radius 2 is 2.08 bits per heavy atom. The highest BCUT2D eigenvalue weighted by Crippen LogP contribution is 2.30. The molecule has 1 aromatic rings. The van der Waals surface area contributed by atoms with Crippen LogP contribution in [-0.4, -0.2) is 16.2 Å². The van der Waals surface area contributed by atoms with Gasteiger partial charge in [0.15, 0.2) is 0 Å². The third kappa shape index (κ3) is 1.50. The fourth-order valence-electron chi connectivity index (χ4n) is 0.787. The molecule has 64 valence electrons. The SMILES string of the molecule is Nc1cc(O)c(Br)c(C(=O)O)c1. The molecule has 0 saturated carbocycles. The van der Waals surface area contributed by atoms with Gasteiger partial charge in [-0.15, -0.1) is 0 Å². The molecule has 12 heavy (non-hydrogen) atoms. The predicted octanol–water partition coefficient (Wildman–Crippen LogP) is 1.44. The van der Waals surface area contributed by atoms with Crippen molar-refractivity contribution in [3.05, 3.63) is 22.2 Å². The van der Waals surface area contributed by atoms with Gasteiger partial charge in [-0.2, -0.15) is 0 Å². The van der Waals surface area contributed by atoms with Crippen molar-refractivity contribution in [2.24, 2.45) is 0 Å². The second-order valence-electron chi connectivity index (χ2n) is 2.21. The van der Waals surface area contributed by atoms with E-state index in [-0.39, 0.29) is 21.5 Å². The summed E-state index contributed by atoms with van der Waals surface area (Å²) in [6, 6.07) is 2.54. The Morgan fingerprint density at radius 3 is 2.58 bits per heavy atom. The first kappa shape index (κ1) is 8.86. The fourth-order valence-corrected chi connectivity index (χ4v) is 1.19. The van der Waals surface area contributed by atoms with E-state index >= 15 is 0 Å². The van der Waals surface area contributed by atoms with E-state index in [1.165, 1.54) is 12.1 Å². The van der Waals surface area contributed by atoms with Crippen LogP contribution in [0.5, 0.6) is 5.75 Å². The van der Waals surface area contributed by atoms with Gasteiger partial charge in [-0.05, 0) is 22.0 Å². The molecular weight excluding hydrogens is 226 g/mol. The Bertz CT molecular complexity index is 338. The van der Waals surface area contributed by atoms with E-state index in [0.717, 1.165) is 0 Å². The van der Waals surface area contributed by atoms with Crippen LogP contribution in [0.1, 0.15) is 10.4 Å². The van der Waals surface area contributed by atoms with Crippen LogP contribution in [0.4, 0.5) is 5.69 Å². The number of nitrogen functional groups attached to an aromatic ring is 1. The second-order valence-corrected chi connectivity index (χ2v) is 3.00. The standard InChI is InChI=1S/C7H6BrNO3/c8-6-4(7(11)12)1-3(9)2-5(6)10/h1-2,10H,9H2,(H,11,12). The van der Waals surface area contributed by atoms with Crippen LogP contribution in [-0.2, 0) is 0 Å². The summed E-state index contributed by atoms with van der Waals surface area (Å²) in [5.41, 5.74) is 5.49. The van der Waals surface area contributed by atoms with E-state index in [0.29, 0.717) is 0 Å². The summed E-state index contributed by atoms with van der Waals surface area (Å²) in [4.78, 5) is 10.5. The summed E-state index contributed by atoms with van der Waals surface area (Å²) in [5.74, 6) is -1.31. The maximum Gasteiger partial charge on any atom is 0.337 e. The molecule has 0 amide bonds. The minimum atomic E-state index is -1.13. The molecule has 4 nitrogen and oxygen atoms in total. The molecule has 5 heteroatoms. The first-order valence-corrected chi connectivity index (χ1v) is 3.83. The van der Waals surface area contributed by atoms with E-state index in [1.54, 1.807) is 0 Å². The topological polar surface area (TPSA) is 83.5 Å². The normalized spacial score (nSPS) is 9.75. The number of aromatic carboxylic acids is 1. The van der Waals surface area contributed by atoms with Crippen LogP contribution in [0.25, 0.3) is 0 Å². The first-order chi connectivity index (χ1) is 5.52. The van der Waals surface area contributed by atoms with Crippen LogP contribution in [0.2, 0.25) is 0 Å². The third-order valence-electron chi connectivity index (χ3n) is 1.31. The number of hydrogen-bond acceptors (Lipinski definition) is 3. The highest BCUT2D eigenvalue weighted by molar-refractivity contribution is 9.10. The number of nitrogens with two attached hydrogens (primary N) is 1. The summed E-state index contributed by atoms with van der Waals surface area (Å²) in [6.45, 7) is 0. The number of carboxylic acids is 1. The number of benzene rings is 1. The number of phenolic OH excluding ortho intramolecular Hbond substituents is 1. The highest BCUT2D eigenvalue weighted by atomic mass is 79.9. The molecular formula is C7H6BrNO3. The molecule has 0 radical (unpaired) electrons. The molecule has 0 unspecified atom stereocenters. The average molecular weight is 232 g/mol. The summed E-state index contributed by atoms with van der Waals surface area (Å²) < 4.78 is 0.143. The molecule has 1 aromatic carbocycles. The van der Waals surface area contributed by atoms with E-state index in [2.05, 4.69) is 15.9 Å². The van der Waals surface area contributed by atoms with Crippen molar-refractivity contribution in [2.45, 2.75) is 0 Å². The number of phenols is 1. The van der Waals surface area contributed by atoms with Gasteiger partial charge in [-0.25, -0.2) is 4.79 Å². The lowest BCUT2D eigenvalue weighted by Crippen LogP contribution is -1.99. The van der Waals surface area contributed by atoms with Crippen LogP contribution < -0.4 is 5.73 Å². The number of carbonyl (C=O) groups is 1. The summed E-state index contributed by atoms with van der Waals surface area (Å²) in [6.07, 6.45) is 0. The van der Waals surface area contributed by atoms with Crippen molar-refractivity contribution >= 4 is 27.6 Å². The smallest absolute Gasteiger partial charge is 0.337 e. The van der Waals surface area contributed by atoms with Crippen molar-refractivity contribution in [2.75, 3.05) is 5.73 Å². The summed E-state index contributed by atoms with van der Waals surface area (Å²) >= 11 is 2.93. The molecule has 0 saturated heterocycles. The molecule has 0 spiro atoms. The fraction of sp³-hybridized carbons (Fsp3) is 0.